The Morgan fingerprint density at radius 1 is 1.08 bits per heavy atom. The van der Waals surface area contributed by atoms with E-state index < -0.39 is 11.1 Å². The zero-order valence-electron chi connectivity index (χ0n) is 15.1. The van der Waals surface area contributed by atoms with E-state index >= 15 is 0 Å². The number of nitrogens with zero attached hydrogens (tertiary/aromatic N) is 4. The Bertz CT molecular complexity index is 694. The maximum Gasteiger partial charge on any atom is 0.327 e. The minimum atomic E-state index is -0.682. The lowest BCUT2D eigenvalue weighted by Crippen LogP contribution is -2.49. The Hall–Kier alpha value is -1.67. The van der Waals surface area contributed by atoms with Crippen LogP contribution < -0.4 is 5.73 Å². The number of hydrogen-bond donors (Lipinski definition) is 1. The van der Waals surface area contributed by atoms with Crippen molar-refractivity contribution in [2.45, 2.75) is 75.4 Å². The number of nitrogens with two attached hydrogens (primary N) is 1. The molecular formula is C17H26ClN5O3. The zero-order chi connectivity index (χ0) is 17.7. The van der Waals surface area contributed by atoms with E-state index in [0.717, 1.165) is 57.8 Å². The number of urea groups is 1. The molecular weight excluding hydrogens is 358 g/mol. The summed E-state index contributed by atoms with van der Waals surface area (Å²) < 4.78 is 5.31. The number of likely N-dealkylation sites (N-methyl/N-ethyl adjacent to an activating group) is 1. The smallest absolute Gasteiger partial charge is 0.327 e. The minimum absolute atomic E-state index is 0. The first-order valence-corrected chi connectivity index (χ1v) is 9.18. The molecule has 1 aliphatic heterocycles. The van der Waals surface area contributed by atoms with Gasteiger partial charge in [0.2, 0.25) is 5.89 Å². The Kier molecular flexibility index (Phi) is 5.00. The summed E-state index contributed by atoms with van der Waals surface area (Å²) in [5.74, 6) is 0.622. The molecule has 9 heteroatoms. The molecule has 144 valence electrons. The monoisotopic (exact) mass is 383 g/mol. The van der Waals surface area contributed by atoms with Gasteiger partial charge in [0.05, 0.1) is 5.54 Å². The number of rotatable bonds is 3. The Labute approximate surface area is 158 Å². The number of carbonyl (C=O) groups excluding carboxylic acids is 2. The van der Waals surface area contributed by atoms with Gasteiger partial charge >= 0.3 is 6.03 Å². The number of aromatic nitrogens is 2. The van der Waals surface area contributed by atoms with Gasteiger partial charge in [0.15, 0.2) is 5.82 Å². The first-order valence-electron chi connectivity index (χ1n) is 9.18. The lowest BCUT2D eigenvalue weighted by Gasteiger charge is -2.35. The molecule has 3 fully saturated rings. The average Bonchev–Trinajstić information content (AvgIpc) is 3.31. The molecule has 26 heavy (non-hydrogen) atoms. The fourth-order valence-electron chi connectivity index (χ4n) is 4.56. The molecule has 2 saturated carbocycles. The van der Waals surface area contributed by atoms with Gasteiger partial charge in [-0.2, -0.15) is 4.98 Å². The second-order valence-electron chi connectivity index (χ2n) is 7.70. The minimum Gasteiger partial charge on any atom is -0.337 e. The summed E-state index contributed by atoms with van der Waals surface area (Å²) in [5.41, 5.74) is 5.13. The second-order valence-corrected chi connectivity index (χ2v) is 7.70. The molecule has 2 N–H and O–H groups in total. The van der Waals surface area contributed by atoms with E-state index in [9.17, 15) is 9.59 Å². The van der Waals surface area contributed by atoms with Crippen molar-refractivity contribution in [3.8, 4) is 0 Å². The highest BCUT2D eigenvalue weighted by Crippen LogP contribution is 2.40. The van der Waals surface area contributed by atoms with Gasteiger partial charge in [0.25, 0.3) is 5.91 Å². The summed E-state index contributed by atoms with van der Waals surface area (Å²) in [6.45, 7) is 0.0207. The van der Waals surface area contributed by atoms with E-state index in [1.54, 1.807) is 11.9 Å². The number of carbonyl (C=O) groups is 2. The van der Waals surface area contributed by atoms with E-state index in [0.29, 0.717) is 5.82 Å². The summed E-state index contributed by atoms with van der Waals surface area (Å²) in [7, 11) is 1.72. The summed E-state index contributed by atoms with van der Waals surface area (Å²) in [5, 5.41) is 4.01. The van der Waals surface area contributed by atoms with Crippen molar-refractivity contribution >= 4 is 24.3 Å². The molecule has 0 bridgehead atoms. The van der Waals surface area contributed by atoms with Gasteiger partial charge in [0.1, 0.15) is 12.1 Å². The summed E-state index contributed by atoms with van der Waals surface area (Å²) in [6, 6.07) is -0.282. The van der Waals surface area contributed by atoms with Crippen LogP contribution in [0.4, 0.5) is 4.79 Å². The molecule has 0 radical (unpaired) electrons. The number of amides is 3. The predicted molar refractivity (Wildman–Crippen MR) is 95.4 cm³/mol. The molecule has 0 atom stereocenters. The highest BCUT2D eigenvalue weighted by molar-refractivity contribution is 6.06. The fraction of sp³-hybridized carbons (Fsp3) is 0.765. The molecule has 3 amide bonds. The second kappa shape index (κ2) is 6.81. The predicted octanol–water partition coefficient (Wildman–Crippen LogP) is 2.32. The molecule has 2 aliphatic carbocycles. The molecule has 3 aliphatic rings. The van der Waals surface area contributed by atoms with Crippen molar-refractivity contribution in [2.24, 2.45) is 5.73 Å². The molecule has 1 aromatic rings. The van der Waals surface area contributed by atoms with Crippen molar-refractivity contribution < 1.29 is 14.1 Å². The van der Waals surface area contributed by atoms with Crippen LogP contribution >= 0.6 is 12.4 Å². The van der Waals surface area contributed by atoms with Gasteiger partial charge in [-0.05, 0) is 25.7 Å². The lowest BCUT2D eigenvalue weighted by atomic mass is 9.81. The molecule has 1 saturated heterocycles. The Balaban J connectivity index is 0.00000196. The Morgan fingerprint density at radius 2 is 1.69 bits per heavy atom. The third-order valence-electron chi connectivity index (χ3n) is 6.19. The van der Waals surface area contributed by atoms with Crippen molar-refractivity contribution in [1.29, 1.82) is 0 Å². The fourth-order valence-corrected chi connectivity index (χ4v) is 4.56. The third-order valence-corrected chi connectivity index (χ3v) is 6.19. The van der Waals surface area contributed by atoms with Gasteiger partial charge in [-0.3, -0.25) is 9.69 Å². The van der Waals surface area contributed by atoms with Gasteiger partial charge in [0, 0.05) is 7.05 Å². The SMILES string of the molecule is CN1C(=O)N(Cc2nc(C3(N)CCCC3)no2)C(=O)C12CCCCC2.Cl. The summed E-state index contributed by atoms with van der Waals surface area (Å²) in [6.07, 6.45) is 8.28. The number of hydrogen-bond acceptors (Lipinski definition) is 6. The van der Waals surface area contributed by atoms with Crippen LogP contribution in [0.2, 0.25) is 0 Å². The topological polar surface area (TPSA) is 106 Å². The van der Waals surface area contributed by atoms with E-state index in [-0.39, 0.29) is 36.8 Å². The zero-order valence-corrected chi connectivity index (χ0v) is 15.9. The van der Waals surface area contributed by atoms with Crippen LogP contribution in [0.15, 0.2) is 4.52 Å². The van der Waals surface area contributed by atoms with Crippen LogP contribution in [0.3, 0.4) is 0 Å². The molecule has 4 rings (SSSR count). The normalized spacial score (nSPS) is 24.4. The van der Waals surface area contributed by atoms with E-state index in [1.165, 1.54) is 4.90 Å². The lowest BCUT2D eigenvalue weighted by molar-refractivity contribution is -0.135. The van der Waals surface area contributed by atoms with Crippen LogP contribution in [-0.4, -0.2) is 44.5 Å². The molecule has 2 heterocycles. The first kappa shape index (κ1) is 19.1. The maximum atomic E-state index is 13.0. The molecule has 1 spiro atoms. The summed E-state index contributed by atoms with van der Waals surface area (Å²) in [4.78, 5) is 32.9. The van der Waals surface area contributed by atoms with Crippen LogP contribution in [0.1, 0.15) is 69.5 Å². The quantitative estimate of drug-likeness (QED) is 0.803. The maximum absolute atomic E-state index is 13.0. The van der Waals surface area contributed by atoms with Crippen LogP contribution in [-0.2, 0) is 16.9 Å². The third kappa shape index (κ3) is 2.79. The van der Waals surface area contributed by atoms with Crippen LogP contribution in [0.25, 0.3) is 0 Å². The van der Waals surface area contributed by atoms with Gasteiger partial charge in [-0.25, -0.2) is 4.79 Å². The van der Waals surface area contributed by atoms with Crippen molar-refractivity contribution in [3.63, 3.8) is 0 Å². The van der Waals surface area contributed by atoms with Crippen LogP contribution in [0, 0.1) is 0 Å². The van der Waals surface area contributed by atoms with Crippen molar-refractivity contribution in [3.05, 3.63) is 11.7 Å². The number of halogens is 1. The van der Waals surface area contributed by atoms with E-state index in [4.69, 9.17) is 10.3 Å². The van der Waals surface area contributed by atoms with Crippen LogP contribution in [0.5, 0.6) is 0 Å². The Morgan fingerprint density at radius 3 is 2.35 bits per heavy atom. The summed E-state index contributed by atoms with van der Waals surface area (Å²) >= 11 is 0. The highest BCUT2D eigenvalue weighted by Gasteiger charge is 2.55. The largest absolute Gasteiger partial charge is 0.337 e. The standard InChI is InChI=1S/C17H25N5O3.ClH/c1-21-15(24)22(14(23)17(21)9-3-2-4-10-17)11-12-19-13(20-25-12)16(18)7-5-6-8-16;/h2-11,18H2,1H3;1H. The van der Waals surface area contributed by atoms with E-state index in [1.807, 2.05) is 0 Å². The number of imide groups is 1. The van der Waals surface area contributed by atoms with Gasteiger partial charge in [-0.15, -0.1) is 12.4 Å². The average molecular weight is 384 g/mol. The van der Waals surface area contributed by atoms with Gasteiger partial charge in [-0.1, -0.05) is 37.3 Å². The molecule has 0 aromatic carbocycles. The van der Waals surface area contributed by atoms with Crippen molar-refractivity contribution in [1.82, 2.24) is 19.9 Å². The first-order chi connectivity index (χ1) is 12.0. The van der Waals surface area contributed by atoms with E-state index in [2.05, 4.69) is 10.1 Å². The van der Waals surface area contributed by atoms with Crippen molar-refractivity contribution in [2.75, 3.05) is 7.05 Å². The molecule has 1 aromatic heterocycles. The highest BCUT2D eigenvalue weighted by atomic mass is 35.5. The molecule has 8 nitrogen and oxygen atoms in total. The van der Waals surface area contributed by atoms with Gasteiger partial charge < -0.3 is 15.2 Å². The molecule has 0 unspecified atom stereocenters.